The molecule has 4 heteroatoms. The van der Waals surface area contributed by atoms with Crippen LogP contribution in [-0.2, 0) is 9.84 Å². The van der Waals surface area contributed by atoms with E-state index in [2.05, 4.69) is 0 Å². The summed E-state index contributed by atoms with van der Waals surface area (Å²) in [6, 6.07) is 0. The van der Waals surface area contributed by atoms with Crippen molar-refractivity contribution in [3.63, 3.8) is 0 Å². The second-order valence-corrected chi connectivity index (χ2v) is 6.42. The van der Waals surface area contributed by atoms with Crippen LogP contribution >= 0.6 is 0 Å². The van der Waals surface area contributed by atoms with E-state index in [-0.39, 0.29) is 11.5 Å². The summed E-state index contributed by atoms with van der Waals surface area (Å²) in [5, 5.41) is 0. The zero-order chi connectivity index (χ0) is 8.82. The Bertz CT molecular complexity index is 279. The van der Waals surface area contributed by atoms with E-state index in [1.807, 2.05) is 0 Å². The van der Waals surface area contributed by atoms with Crippen molar-refractivity contribution in [2.75, 3.05) is 11.5 Å². The van der Waals surface area contributed by atoms with E-state index in [9.17, 15) is 8.42 Å². The molecule has 0 aromatic carbocycles. The second-order valence-electron chi connectivity index (χ2n) is 4.19. The predicted octanol–water partition coefficient (Wildman–Crippen LogP) is 0.302. The maximum atomic E-state index is 11.2. The van der Waals surface area contributed by atoms with E-state index >= 15 is 0 Å². The minimum Gasteiger partial charge on any atom is -0.325 e. The summed E-state index contributed by atoms with van der Waals surface area (Å²) in [5.41, 5.74) is 5.94. The van der Waals surface area contributed by atoms with Gasteiger partial charge >= 0.3 is 0 Å². The van der Waals surface area contributed by atoms with Gasteiger partial charge < -0.3 is 5.73 Å². The lowest BCUT2D eigenvalue weighted by Gasteiger charge is -2.42. The first-order valence-corrected chi connectivity index (χ1v) is 6.33. The van der Waals surface area contributed by atoms with Gasteiger partial charge in [0.05, 0.1) is 11.5 Å². The van der Waals surface area contributed by atoms with Crippen molar-refractivity contribution < 1.29 is 8.42 Å². The smallest absolute Gasteiger partial charge is 0.150 e. The topological polar surface area (TPSA) is 60.2 Å². The maximum Gasteiger partial charge on any atom is 0.150 e. The summed E-state index contributed by atoms with van der Waals surface area (Å²) in [6.45, 7) is 0. The molecule has 0 bridgehead atoms. The van der Waals surface area contributed by atoms with E-state index in [0.29, 0.717) is 11.5 Å². The molecule has 12 heavy (non-hydrogen) atoms. The molecule has 2 aliphatic rings. The molecule has 2 fully saturated rings. The Morgan fingerprint density at radius 1 is 1.33 bits per heavy atom. The Morgan fingerprint density at radius 2 is 2.00 bits per heavy atom. The largest absolute Gasteiger partial charge is 0.325 e. The Balaban J connectivity index is 2.08. The number of hydrogen-bond donors (Lipinski definition) is 1. The molecule has 1 saturated carbocycles. The predicted molar refractivity (Wildman–Crippen MR) is 47.5 cm³/mol. The van der Waals surface area contributed by atoms with Crippen LogP contribution in [0.25, 0.3) is 0 Å². The van der Waals surface area contributed by atoms with Gasteiger partial charge in [0.2, 0.25) is 0 Å². The number of rotatable bonds is 1. The van der Waals surface area contributed by atoms with E-state index < -0.39 is 9.84 Å². The summed E-state index contributed by atoms with van der Waals surface area (Å²) in [7, 11) is -2.73. The average molecular weight is 189 g/mol. The van der Waals surface area contributed by atoms with Gasteiger partial charge in [-0.15, -0.1) is 0 Å². The summed E-state index contributed by atoms with van der Waals surface area (Å²) in [5.74, 6) is 0.941. The Morgan fingerprint density at radius 3 is 2.33 bits per heavy atom. The summed E-state index contributed by atoms with van der Waals surface area (Å²) >= 11 is 0. The Kier molecular flexibility index (Phi) is 1.74. The molecular formula is C8H15NO2S. The van der Waals surface area contributed by atoms with Crippen LogP contribution in [0.1, 0.15) is 25.7 Å². The van der Waals surface area contributed by atoms with E-state index in [4.69, 9.17) is 5.73 Å². The fourth-order valence-corrected chi connectivity index (χ4v) is 4.16. The highest BCUT2D eigenvalue weighted by atomic mass is 32.2. The van der Waals surface area contributed by atoms with Crippen LogP contribution in [0, 0.1) is 5.92 Å². The molecule has 1 aliphatic carbocycles. The molecule has 0 aromatic heterocycles. The van der Waals surface area contributed by atoms with Crippen molar-refractivity contribution in [2.24, 2.45) is 11.7 Å². The Hall–Kier alpha value is -0.0900. The van der Waals surface area contributed by atoms with Crippen molar-refractivity contribution in [1.29, 1.82) is 0 Å². The first-order valence-electron chi connectivity index (χ1n) is 4.51. The van der Waals surface area contributed by atoms with Gasteiger partial charge in [-0.1, -0.05) is 0 Å². The van der Waals surface area contributed by atoms with Gasteiger partial charge in [-0.25, -0.2) is 8.42 Å². The molecular weight excluding hydrogens is 174 g/mol. The zero-order valence-corrected chi connectivity index (χ0v) is 7.94. The normalized spacial score (nSPS) is 37.6. The standard InChI is InChI=1S/C8H15NO2S/c9-8(3-1-4-8)7-2-5-12(10,11)6-7/h7H,1-6,9H2. The lowest BCUT2D eigenvalue weighted by atomic mass is 9.69. The lowest BCUT2D eigenvalue weighted by Crippen LogP contribution is -2.53. The highest BCUT2D eigenvalue weighted by Crippen LogP contribution is 2.40. The van der Waals surface area contributed by atoms with Gasteiger partial charge in [-0.3, -0.25) is 0 Å². The van der Waals surface area contributed by atoms with Crippen molar-refractivity contribution in [2.45, 2.75) is 31.2 Å². The highest BCUT2D eigenvalue weighted by molar-refractivity contribution is 7.91. The molecule has 0 amide bonds. The molecule has 0 radical (unpaired) electrons. The van der Waals surface area contributed by atoms with Gasteiger partial charge in [0.25, 0.3) is 0 Å². The van der Waals surface area contributed by atoms with Gasteiger partial charge in [-0.05, 0) is 31.6 Å². The molecule has 70 valence electrons. The minimum atomic E-state index is -2.73. The number of hydrogen-bond acceptors (Lipinski definition) is 3. The molecule has 1 unspecified atom stereocenters. The van der Waals surface area contributed by atoms with Crippen LogP contribution in [-0.4, -0.2) is 25.5 Å². The van der Waals surface area contributed by atoms with Gasteiger partial charge in [0, 0.05) is 5.54 Å². The number of nitrogens with two attached hydrogens (primary N) is 1. The maximum absolute atomic E-state index is 11.2. The van der Waals surface area contributed by atoms with Crippen LogP contribution < -0.4 is 5.73 Å². The van der Waals surface area contributed by atoms with Crippen LogP contribution in [0.5, 0.6) is 0 Å². The molecule has 1 aliphatic heterocycles. The molecule has 3 nitrogen and oxygen atoms in total. The van der Waals surface area contributed by atoms with Crippen molar-refractivity contribution >= 4 is 9.84 Å². The van der Waals surface area contributed by atoms with Crippen LogP contribution in [0.4, 0.5) is 0 Å². The fraction of sp³-hybridized carbons (Fsp3) is 1.00. The fourth-order valence-electron chi connectivity index (χ4n) is 2.24. The SMILES string of the molecule is NC1(C2CCS(=O)(=O)C2)CCC1. The van der Waals surface area contributed by atoms with Crippen LogP contribution in [0.15, 0.2) is 0 Å². The van der Waals surface area contributed by atoms with Crippen molar-refractivity contribution in [3.8, 4) is 0 Å². The molecule has 0 aromatic rings. The van der Waals surface area contributed by atoms with E-state index in [1.165, 1.54) is 6.42 Å². The first-order chi connectivity index (χ1) is 5.52. The van der Waals surface area contributed by atoms with Gasteiger partial charge in [0.15, 0.2) is 9.84 Å². The molecule has 1 heterocycles. The third-order valence-electron chi connectivity index (χ3n) is 3.33. The summed E-state index contributed by atoms with van der Waals surface area (Å²) in [4.78, 5) is 0. The van der Waals surface area contributed by atoms with Crippen LogP contribution in [0.3, 0.4) is 0 Å². The summed E-state index contributed by atoms with van der Waals surface area (Å²) < 4.78 is 22.3. The Labute approximate surface area is 73.2 Å². The monoisotopic (exact) mass is 189 g/mol. The van der Waals surface area contributed by atoms with E-state index in [1.54, 1.807) is 0 Å². The average Bonchev–Trinajstić information content (AvgIpc) is 2.25. The minimum absolute atomic E-state index is 0.121. The molecule has 2 rings (SSSR count). The highest BCUT2D eigenvalue weighted by Gasteiger charge is 2.45. The molecule has 1 saturated heterocycles. The van der Waals surface area contributed by atoms with Gasteiger partial charge in [-0.2, -0.15) is 0 Å². The van der Waals surface area contributed by atoms with E-state index in [0.717, 1.165) is 19.3 Å². The lowest BCUT2D eigenvalue weighted by molar-refractivity contribution is 0.168. The third-order valence-corrected chi connectivity index (χ3v) is 5.10. The summed E-state index contributed by atoms with van der Waals surface area (Å²) in [6.07, 6.45) is 4.01. The molecule has 2 N–H and O–H groups in total. The quantitative estimate of drug-likeness (QED) is 0.645. The van der Waals surface area contributed by atoms with Gasteiger partial charge in [0.1, 0.15) is 0 Å². The molecule has 0 spiro atoms. The zero-order valence-electron chi connectivity index (χ0n) is 7.12. The first kappa shape index (κ1) is 8.51. The van der Waals surface area contributed by atoms with Crippen molar-refractivity contribution in [1.82, 2.24) is 0 Å². The molecule has 1 atom stereocenters. The van der Waals surface area contributed by atoms with Crippen molar-refractivity contribution in [3.05, 3.63) is 0 Å². The van der Waals surface area contributed by atoms with Crippen LogP contribution in [0.2, 0.25) is 0 Å². The number of sulfone groups is 1. The second kappa shape index (κ2) is 2.45. The third kappa shape index (κ3) is 1.27.